The summed E-state index contributed by atoms with van der Waals surface area (Å²) in [6, 6.07) is 11.6. The molecule has 2 fully saturated rings. The van der Waals surface area contributed by atoms with Gasteiger partial charge >= 0.3 is 6.36 Å². The Labute approximate surface area is 227 Å². The maximum atomic E-state index is 13.4. The van der Waals surface area contributed by atoms with E-state index in [1.165, 1.54) is 12.1 Å². The Morgan fingerprint density at radius 3 is 2.53 bits per heavy atom. The normalized spacial score (nSPS) is 21.4. The standard InChI is InChI=1S/C28H35ClF3N3O3/c1-21-15-23(7-8-25(21)29)37-20-27(17-26(36)35-13-11-33(2)12-14-35)9-4-10-34(19-27)18-22-5-3-6-24(16-22)38-28(30,31)32/h3,5-8,15-16H,4,9-14,17-20H2,1-2H3/t27-/m0/s1. The van der Waals surface area contributed by atoms with Gasteiger partial charge in [0, 0.05) is 56.1 Å². The van der Waals surface area contributed by atoms with Crippen LogP contribution in [0.15, 0.2) is 42.5 Å². The molecule has 0 bridgehead atoms. The lowest BCUT2D eigenvalue weighted by molar-refractivity contribution is -0.274. The van der Waals surface area contributed by atoms with Crippen molar-refractivity contribution in [3.63, 3.8) is 0 Å². The summed E-state index contributed by atoms with van der Waals surface area (Å²) in [5.74, 6) is 0.591. The van der Waals surface area contributed by atoms with Crippen LogP contribution in [0, 0.1) is 12.3 Å². The van der Waals surface area contributed by atoms with Gasteiger partial charge in [-0.05, 0) is 74.8 Å². The molecule has 0 aromatic heterocycles. The first-order valence-corrected chi connectivity index (χ1v) is 13.3. The molecule has 2 aromatic rings. The molecule has 0 unspecified atom stereocenters. The fourth-order valence-electron chi connectivity index (χ4n) is 5.29. The molecular weight excluding hydrogens is 519 g/mol. The smallest absolute Gasteiger partial charge is 0.493 e. The third-order valence-corrected chi connectivity index (χ3v) is 7.76. The average Bonchev–Trinajstić information content (AvgIpc) is 2.84. The van der Waals surface area contributed by atoms with Gasteiger partial charge in [0.05, 0.1) is 6.61 Å². The molecule has 38 heavy (non-hydrogen) atoms. The van der Waals surface area contributed by atoms with Crippen LogP contribution in [0.1, 0.15) is 30.4 Å². The van der Waals surface area contributed by atoms with E-state index in [1.807, 2.05) is 24.0 Å². The number of carbonyl (C=O) groups is 1. The number of nitrogens with zero attached hydrogens (tertiary/aromatic N) is 3. The lowest BCUT2D eigenvalue weighted by Crippen LogP contribution is -2.52. The monoisotopic (exact) mass is 553 g/mol. The molecule has 0 aliphatic carbocycles. The number of piperidine rings is 1. The van der Waals surface area contributed by atoms with Crippen LogP contribution in [0.5, 0.6) is 11.5 Å². The van der Waals surface area contributed by atoms with Gasteiger partial charge < -0.3 is 19.3 Å². The summed E-state index contributed by atoms with van der Waals surface area (Å²) in [6.45, 7) is 7.24. The number of halogens is 4. The van der Waals surface area contributed by atoms with E-state index in [-0.39, 0.29) is 11.7 Å². The van der Waals surface area contributed by atoms with Crippen molar-refractivity contribution in [1.82, 2.24) is 14.7 Å². The van der Waals surface area contributed by atoms with Gasteiger partial charge in [0.2, 0.25) is 5.91 Å². The minimum Gasteiger partial charge on any atom is -0.493 e. The number of piperazine rings is 1. The number of ether oxygens (including phenoxy) is 2. The molecular formula is C28H35ClF3N3O3. The van der Waals surface area contributed by atoms with Crippen LogP contribution in [-0.4, -0.2) is 79.9 Å². The Kier molecular flexibility index (Phi) is 9.11. The minimum absolute atomic E-state index is 0.122. The Morgan fingerprint density at radius 1 is 1.05 bits per heavy atom. The largest absolute Gasteiger partial charge is 0.573 e. The maximum Gasteiger partial charge on any atom is 0.573 e. The number of aryl methyl sites for hydroxylation is 1. The second kappa shape index (κ2) is 12.1. The van der Waals surface area contributed by atoms with Crippen molar-refractivity contribution < 1.29 is 27.4 Å². The molecule has 4 rings (SSSR count). The number of amides is 1. The first-order chi connectivity index (χ1) is 18.0. The molecule has 1 amide bonds. The molecule has 2 aliphatic heterocycles. The molecule has 0 saturated carbocycles. The van der Waals surface area contributed by atoms with Gasteiger partial charge in [0.15, 0.2) is 0 Å². The van der Waals surface area contributed by atoms with Crippen LogP contribution in [-0.2, 0) is 11.3 Å². The number of likely N-dealkylation sites (N-methyl/N-ethyl adjacent to an activating group) is 1. The molecule has 6 nitrogen and oxygen atoms in total. The lowest BCUT2D eigenvalue weighted by Gasteiger charge is -2.43. The quantitative estimate of drug-likeness (QED) is 0.440. The number of alkyl halides is 3. The van der Waals surface area contributed by atoms with E-state index in [9.17, 15) is 18.0 Å². The lowest BCUT2D eigenvalue weighted by atomic mass is 9.77. The highest BCUT2D eigenvalue weighted by Crippen LogP contribution is 2.36. The fourth-order valence-corrected chi connectivity index (χ4v) is 5.41. The van der Waals surface area contributed by atoms with Gasteiger partial charge in [-0.15, -0.1) is 13.2 Å². The van der Waals surface area contributed by atoms with E-state index in [2.05, 4.69) is 21.6 Å². The number of rotatable bonds is 8. The first-order valence-electron chi connectivity index (χ1n) is 12.9. The van der Waals surface area contributed by atoms with Crippen molar-refractivity contribution in [2.24, 2.45) is 5.41 Å². The van der Waals surface area contributed by atoms with Crippen LogP contribution in [0.25, 0.3) is 0 Å². The van der Waals surface area contributed by atoms with Crippen molar-refractivity contribution in [1.29, 1.82) is 0 Å². The summed E-state index contributed by atoms with van der Waals surface area (Å²) in [6.07, 6.45) is -2.69. The second-order valence-electron chi connectivity index (χ2n) is 10.6. The van der Waals surface area contributed by atoms with Crippen molar-refractivity contribution in [2.75, 3.05) is 52.9 Å². The van der Waals surface area contributed by atoms with E-state index in [1.54, 1.807) is 18.2 Å². The van der Waals surface area contributed by atoms with Gasteiger partial charge in [0.25, 0.3) is 0 Å². The summed E-state index contributed by atoms with van der Waals surface area (Å²) < 4.78 is 48.5. The van der Waals surface area contributed by atoms with Crippen molar-refractivity contribution >= 4 is 17.5 Å². The molecule has 0 N–H and O–H groups in total. The Bertz CT molecular complexity index is 1110. The van der Waals surface area contributed by atoms with E-state index in [0.717, 1.165) is 43.6 Å². The van der Waals surface area contributed by atoms with Crippen LogP contribution in [0.4, 0.5) is 13.2 Å². The molecule has 2 aliphatic rings. The summed E-state index contributed by atoms with van der Waals surface area (Å²) in [5, 5.41) is 0.665. The Hall–Kier alpha value is -2.49. The van der Waals surface area contributed by atoms with E-state index in [4.69, 9.17) is 16.3 Å². The number of hydrogen-bond donors (Lipinski definition) is 0. The zero-order chi connectivity index (χ0) is 27.3. The number of benzene rings is 2. The topological polar surface area (TPSA) is 45.2 Å². The molecule has 2 saturated heterocycles. The highest BCUT2D eigenvalue weighted by atomic mass is 35.5. The van der Waals surface area contributed by atoms with Crippen LogP contribution in [0.2, 0.25) is 5.02 Å². The zero-order valence-corrected chi connectivity index (χ0v) is 22.7. The molecule has 0 spiro atoms. The summed E-state index contributed by atoms with van der Waals surface area (Å²) in [5.41, 5.74) is 1.21. The van der Waals surface area contributed by atoms with Crippen LogP contribution >= 0.6 is 11.6 Å². The highest BCUT2D eigenvalue weighted by molar-refractivity contribution is 6.31. The molecule has 2 aromatic carbocycles. The van der Waals surface area contributed by atoms with Gasteiger partial charge in [0.1, 0.15) is 11.5 Å². The van der Waals surface area contributed by atoms with E-state index >= 15 is 0 Å². The highest BCUT2D eigenvalue weighted by Gasteiger charge is 2.40. The van der Waals surface area contributed by atoms with Gasteiger partial charge in [-0.3, -0.25) is 9.69 Å². The van der Waals surface area contributed by atoms with E-state index in [0.29, 0.717) is 50.0 Å². The van der Waals surface area contributed by atoms with Crippen molar-refractivity contribution in [3.05, 3.63) is 58.6 Å². The second-order valence-corrected chi connectivity index (χ2v) is 11.0. The fraction of sp³-hybridized carbons (Fsp3) is 0.536. The third kappa shape index (κ3) is 8.01. The number of likely N-dealkylation sites (tertiary alicyclic amines) is 1. The van der Waals surface area contributed by atoms with Crippen LogP contribution < -0.4 is 9.47 Å². The minimum atomic E-state index is -4.74. The zero-order valence-electron chi connectivity index (χ0n) is 21.9. The van der Waals surface area contributed by atoms with Gasteiger partial charge in [-0.2, -0.15) is 0 Å². The molecule has 10 heteroatoms. The first kappa shape index (κ1) is 28.5. The summed E-state index contributed by atoms with van der Waals surface area (Å²) in [7, 11) is 2.05. The predicted molar refractivity (Wildman–Crippen MR) is 140 cm³/mol. The van der Waals surface area contributed by atoms with Gasteiger partial charge in [-0.1, -0.05) is 23.7 Å². The van der Waals surface area contributed by atoms with Gasteiger partial charge in [-0.25, -0.2) is 0 Å². The molecule has 2 heterocycles. The SMILES string of the molecule is Cc1cc(OC[C@]2(CC(=O)N3CCN(C)CC3)CCCN(Cc3cccc(OC(F)(F)F)c3)C2)ccc1Cl. The van der Waals surface area contributed by atoms with Crippen LogP contribution in [0.3, 0.4) is 0 Å². The summed E-state index contributed by atoms with van der Waals surface area (Å²) >= 11 is 6.18. The summed E-state index contributed by atoms with van der Waals surface area (Å²) in [4.78, 5) is 19.8. The molecule has 1 atom stereocenters. The number of hydrogen-bond acceptors (Lipinski definition) is 5. The average molecular weight is 554 g/mol. The Balaban J connectivity index is 1.49. The predicted octanol–water partition coefficient (Wildman–Crippen LogP) is 5.37. The maximum absolute atomic E-state index is 13.4. The Morgan fingerprint density at radius 2 is 1.82 bits per heavy atom. The number of carbonyl (C=O) groups excluding carboxylic acids is 1. The van der Waals surface area contributed by atoms with E-state index < -0.39 is 11.8 Å². The van der Waals surface area contributed by atoms with Crippen molar-refractivity contribution in [3.8, 4) is 11.5 Å². The van der Waals surface area contributed by atoms with Crippen molar-refractivity contribution in [2.45, 2.75) is 39.1 Å². The molecule has 0 radical (unpaired) electrons. The third-order valence-electron chi connectivity index (χ3n) is 7.34. The molecule has 208 valence electrons.